The van der Waals surface area contributed by atoms with Crippen LogP contribution in [0.4, 0.5) is 0 Å². The molecule has 0 aliphatic carbocycles. The van der Waals surface area contributed by atoms with Crippen molar-refractivity contribution >= 4 is 5.91 Å². The van der Waals surface area contributed by atoms with Gasteiger partial charge < -0.3 is 9.80 Å². The number of nitrogens with zero attached hydrogens (tertiary/aromatic N) is 2. The van der Waals surface area contributed by atoms with Crippen molar-refractivity contribution < 1.29 is 4.79 Å². The van der Waals surface area contributed by atoms with Gasteiger partial charge in [-0.3, -0.25) is 4.79 Å². The number of hydrogen-bond acceptors (Lipinski definition) is 2. The molecule has 2 rings (SSSR count). The Morgan fingerprint density at radius 3 is 2.83 bits per heavy atom. The van der Waals surface area contributed by atoms with E-state index in [1.54, 1.807) is 0 Å². The maximum atomic E-state index is 12.7. The highest BCUT2D eigenvalue weighted by Gasteiger charge is 2.21. The van der Waals surface area contributed by atoms with Crippen LogP contribution in [-0.2, 0) is 11.3 Å². The van der Waals surface area contributed by atoms with Gasteiger partial charge in [-0.25, -0.2) is 0 Å². The second-order valence-corrected chi connectivity index (χ2v) is 7.41. The summed E-state index contributed by atoms with van der Waals surface area (Å²) in [5.74, 6) is 0.986. The van der Waals surface area contributed by atoms with Crippen LogP contribution in [0.3, 0.4) is 0 Å². The number of carbonyl (C=O) groups is 1. The molecule has 0 saturated carbocycles. The van der Waals surface area contributed by atoms with Gasteiger partial charge in [0.25, 0.3) is 0 Å². The minimum absolute atomic E-state index is 0.247. The molecule has 23 heavy (non-hydrogen) atoms. The predicted octanol–water partition coefficient (Wildman–Crippen LogP) is 3.85. The van der Waals surface area contributed by atoms with Gasteiger partial charge in [-0.1, -0.05) is 29.8 Å². The van der Waals surface area contributed by atoms with E-state index >= 15 is 0 Å². The lowest BCUT2D eigenvalue weighted by Gasteiger charge is -2.31. The first-order valence-electron chi connectivity index (χ1n) is 8.99. The van der Waals surface area contributed by atoms with Crippen molar-refractivity contribution in [2.45, 2.75) is 59.0 Å². The Kier molecular flexibility index (Phi) is 6.64. The third-order valence-corrected chi connectivity index (χ3v) is 4.87. The van der Waals surface area contributed by atoms with E-state index in [1.165, 1.54) is 30.5 Å². The van der Waals surface area contributed by atoms with Gasteiger partial charge in [-0.05, 0) is 65.1 Å². The number of rotatable bonds is 6. The van der Waals surface area contributed by atoms with Crippen molar-refractivity contribution in [3.05, 3.63) is 35.4 Å². The van der Waals surface area contributed by atoms with Crippen LogP contribution in [-0.4, -0.2) is 41.9 Å². The molecule has 1 heterocycles. The van der Waals surface area contributed by atoms with Gasteiger partial charge in [0.2, 0.25) is 5.91 Å². The molecule has 0 N–H and O–H groups in total. The Morgan fingerprint density at radius 2 is 2.17 bits per heavy atom. The lowest BCUT2D eigenvalue weighted by Crippen LogP contribution is -2.37. The Labute approximate surface area is 141 Å². The minimum atomic E-state index is 0.247. The summed E-state index contributed by atoms with van der Waals surface area (Å²) in [6, 6.07) is 8.72. The molecular formula is C20H32N2O. The molecule has 1 aliphatic rings. The molecule has 1 unspecified atom stereocenters. The van der Waals surface area contributed by atoms with Crippen LogP contribution in [0.2, 0.25) is 0 Å². The third-order valence-electron chi connectivity index (χ3n) is 4.87. The molecular weight excluding hydrogens is 284 g/mol. The van der Waals surface area contributed by atoms with Crippen molar-refractivity contribution in [1.82, 2.24) is 9.80 Å². The third kappa shape index (κ3) is 5.65. The first-order chi connectivity index (χ1) is 11.0. The molecule has 1 atom stereocenters. The zero-order valence-electron chi connectivity index (χ0n) is 15.2. The lowest BCUT2D eigenvalue weighted by atomic mass is 9.93. The topological polar surface area (TPSA) is 23.6 Å². The van der Waals surface area contributed by atoms with Gasteiger partial charge in [-0.2, -0.15) is 0 Å². The maximum absolute atomic E-state index is 12.7. The van der Waals surface area contributed by atoms with E-state index in [-0.39, 0.29) is 6.04 Å². The van der Waals surface area contributed by atoms with Gasteiger partial charge in [0, 0.05) is 25.6 Å². The number of aryl methyl sites for hydroxylation is 1. The smallest absolute Gasteiger partial charge is 0.223 e. The summed E-state index contributed by atoms with van der Waals surface area (Å²) in [6.45, 7) is 9.40. The van der Waals surface area contributed by atoms with E-state index < -0.39 is 0 Å². The fourth-order valence-electron chi connectivity index (χ4n) is 3.55. The van der Waals surface area contributed by atoms with Crippen LogP contribution in [0.15, 0.2) is 24.3 Å². The van der Waals surface area contributed by atoms with Gasteiger partial charge >= 0.3 is 0 Å². The molecule has 0 spiro atoms. The number of benzene rings is 1. The standard InChI is InChI=1S/C20H32N2O/c1-16(2)22(15-19-8-5-7-17(3)13-19)20(23)11-10-18-9-6-12-21(4)14-18/h5,7-8,13,16,18H,6,9-12,14-15H2,1-4H3. The quantitative estimate of drug-likeness (QED) is 0.796. The van der Waals surface area contributed by atoms with E-state index in [0.29, 0.717) is 18.2 Å². The van der Waals surface area contributed by atoms with E-state index in [9.17, 15) is 4.79 Å². The fourth-order valence-corrected chi connectivity index (χ4v) is 3.55. The number of hydrogen-bond donors (Lipinski definition) is 0. The SMILES string of the molecule is Cc1cccc(CN(C(=O)CCC2CCCN(C)C2)C(C)C)c1. The summed E-state index contributed by atoms with van der Waals surface area (Å²) in [4.78, 5) is 17.1. The number of amides is 1. The first kappa shape index (κ1) is 18.0. The number of likely N-dealkylation sites (tertiary alicyclic amines) is 1. The van der Waals surface area contributed by atoms with Crippen molar-refractivity contribution in [3.8, 4) is 0 Å². The number of carbonyl (C=O) groups excluding carboxylic acids is 1. The fraction of sp³-hybridized carbons (Fsp3) is 0.650. The van der Waals surface area contributed by atoms with E-state index in [1.807, 2.05) is 4.90 Å². The summed E-state index contributed by atoms with van der Waals surface area (Å²) in [7, 11) is 2.19. The number of piperidine rings is 1. The Balaban J connectivity index is 1.90. The molecule has 128 valence electrons. The summed E-state index contributed by atoms with van der Waals surface area (Å²) >= 11 is 0. The molecule has 1 aromatic rings. The van der Waals surface area contributed by atoms with E-state index in [4.69, 9.17) is 0 Å². The lowest BCUT2D eigenvalue weighted by molar-refractivity contribution is -0.134. The molecule has 0 radical (unpaired) electrons. The highest BCUT2D eigenvalue weighted by Crippen LogP contribution is 2.21. The van der Waals surface area contributed by atoms with Crippen LogP contribution in [0.1, 0.15) is 50.7 Å². The highest BCUT2D eigenvalue weighted by molar-refractivity contribution is 5.76. The molecule has 3 heteroatoms. The van der Waals surface area contributed by atoms with Gasteiger partial charge in [0.15, 0.2) is 0 Å². The zero-order valence-corrected chi connectivity index (χ0v) is 15.2. The van der Waals surface area contributed by atoms with Crippen LogP contribution in [0.5, 0.6) is 0 Å². The van der Waals surface area contributed by atoms with E-state index in [0.717, 1.165) is 19.5 Å². The molecule has 0 bridgehead atoms. The summed E-state index contributed by atoms with van der Waals surface area (Å²) in [6.07, 6.45) is 4.26. The van der Waals surface area contributed by atoms with Gasteiger partial charge in [0.1, 0.15) is 0 Å². The van der Waals surface area contributed by atoms with Crippen LogP contribution < -0.4 is 0 Å². The van der Waals surface area contributed by atoms with E-state index in [2.05, 4.69) is 57.0 Å². The van der Waals surface area contributed by atoms with Crippen LogP contribution in [0, 0.1) is 12.8 Å². The second-order valence-electron chi connectivity index (χ2n) is 7.41. The van der Waals surface area contributed by atoms with Crippen molar-refractivity contribution in [3.63, 3.8) is 0 Å². The van der Waals surface area contributed by atoms with Crippen LogP contribution >= 0.6 is 0 Å². The first-order valence-corrected chi connectivity index (χ1v) is 8.99. The molecule has 1 saturated heterocycles. The summed E-state index contributed by atoms with van der Waals surface area (Å²) < 4.78 is 0. The maximum Gasteiger partial charge on any atom is 0.223 e. The molecule has 1 aliphatic heterocycles. The Morgan fingerprint density at radius 1 is 1.39 bits per heavy atom. The van der Waals surface area contributed by atoms with Crippen molar-refractivity contribution in [1.29, 1.82) is 0 Å². The molecule has 1 fully saturated rings. The zero-order chi connectivity index (χ0) is 16.8. The summed E-state index contributed by atoms with van der Waals surface area (Å²) in [5, 5.41) is 0. The van der Waals surface area contributed by atoms with Crippen LogP contribution in [0.25, 0.3) is 0 Å². The Hall–Kier alpha value is -1.35. The van der Waals surface area contributed by atoms with Crippen molar-refractivity contribution in [2.24, 2.45) is 5.92 Å². The molecule has 0 aromatic heterocycles. The normalized spacial score (nSPS) is 19.1. The molecule has 3 nitrogen and oxygen atoms in total. The monoisotopic (exact) mass is 316 g/mol. The largest absolute Gasteiger partial charge is 0.336 e. The second kappa shape index (κ2) is 8.49. The van der Waals surface area contributed by atoms with Gasteiger partial charge in [-0.15, -0.1) is 0 Å². The average molecular weight is 316 g/mol. The molecule has 1 aromatic carbocycles. The Bertz CT molecular complexity index is 512. The van der Waals surface area contributed by atoms with Gasteiger partial charge in [0.05, 0.1) is 0 Å². The highest BCUT2D eigenvalue weighted by atomic mass is 16.2. The molecule has 1 amide bonds. The summed E-state index contributed by atoms with van der Waals surface area (Å²) in [5.41, 5.74) is 2.48. The van der Waals surface area contributed by atoms with Crippen molar-refractivity contribution in [2.75, 3.05) is 20.1 Å². The minimum Gasteiger partial charge on any atom is -0.336 e. The predicted molar refractivity (Wildman–Crippen MR) is 96.3 cm³/mol. The average Bonchev–Trinajstić information content (AvgIpc) is 2.50.